The first-order valence-corrected chi connectivity index (χ1v) is 8.67. The van der Waals surface area contributed by atoms with Gasteiger partial charge in [-0.25, -0.2) is 4.79 Å². The Morgan fingerprint density at radius 2 is 1.84 bits per heavy atom. The number of amides is 1. The Balaban J connectivity index is 1.70. The van der Waals surface area contributed by atoms with Crippen molar-refractivity contribution in [1.29, 1.82) is 0 Å². The smallest absolute Gasteiger partial charge is 0.407 e. The third kappa shape index (κ3) is 6.84. The highest BCUT2D eigenvalue weighted by atomic mass is 16.5. The highest BCUT2D eigenvalue weighted by molar-refractivity contribution is 5.67. The van der Waals surface area contributed by atoms with Gasteiger partial charge < -0.3 is 10.1 Å². The fourth-order valence-electron chi connectivity index (χ4n) is 2.36. The van der Waals surface area contributed by atoms with E-state index in [1.165, 1.54) is 11.1 Å². The van der Waals surface area contributed by atoms with Crippen molar-refractivity contribution >= 4 is 12.2 Å². The molecule has 3 heteroatoms. The number of hydrogen-bond donors (Lipinski definition) is 1. The summed E-state index contributed by atoms with van der Waals surface area (Å²) >= 11 is 0. The number of carbonyl (C=O) groups is 1. The maximum absolute atomic E-state index is 11.6. The van der Waals surface area contributed by atoms with Gasteiger partial charge in [-0.15, -0.1) is 0 Å². The Morgan fingerprint density at radius 1 is 1.08 bits per heavy atom. The molecule has 0 bridgehead atoms. The lowest BCUT2D eigenvalue weighted by Gasteiger charge is -2.19. The van der Waals surface area contributed by atoms with Crippen LogP contribution in [0, 0.1) is 0 Å². The van der Waals surface area contributed by atoms with E-state index < -0.39 is 0 Å². The molecule has 0 saturated heterocycles. The molecule has 0 radical (unpaired) electrons. The normalized spacial score (nSPS) is 11.5. The van der Waals surface area contributed by atoms with Crippen molar-refractivity contribution in [3.05, 3.63) is 77.4 Å². The van der Waals surface area contributed by atoms with Crippen LogP contribution in [0.3, 0.4) is 0 Å². The van der Waals surface area contributed by atoms with Crippen molar-refractivity contribution in [2.75, 3.05) is 6.54 Å². The van der Waals surface area contributed by atoms with E-state index in [0.29, 0.717) is 13.2 Å². The number of ether oxygens (including phenoxy) is 1. The average molecular weight is 337 g/mol. The fraction of sp³-hybridized carbons (Fsp3) is 0.318. The van der Waals surface area contributed by atoms with Gasteiger partial charge in [-0.1, -0.05) is 87.5 Å². The summed E-state index contributed by atoms with van der Waals surface area (Å²) in [7, 11) is 0. The molecule has 0 aliphatic rings. The van der Waals surface area contributed by atoms with E-state index in [0.717, 1.165) is 12.0 Å². The molecule has 25 heavy (non-hydrogen) atoms. The van der Waals surface area contributed by atoms with Gasteiger partial charge in [0.05, 0.1) is 0 Å². The molecule has 2 aromatic carbocycles. The lowest BCUT2D eigenvalue weighted by atomic mass is 9.86. The summed E-state index contributed by atoms with van der Waals surface area (Å²) < 4.78 is 5.17. The van der Waals surface area contributed by atoms with Gasteiger partial charge in [0.25, 0.3) is 0 Å². The molecule has 0 aromatic heterocycles. The van der Waals surface area contributed by atoms with Crippen LogP contribution in [0.15, 0.2) is 60.7 Å². The molecule has 0 saturated carbocycles. The summed E-state index contributed by atoms with van der Waals surface area (Å²) in [6.07, 6.45) is 4.54. The minimum Gasteiger partial charge on any atom is -0.445 e. The molecule has 0 unspecified atom stereocenters. The van der Waals surface area contributed by atoms with Crippen LogP contribution in [-0.2, 0) is 16.8 Å². The molecule has 0 aliphatic heterocycles. The molecule has 0 atom stereocenters. The summed E-state index contributed by atoms with van der Waals surface area (Å²) in [5.74, 6) is 0. The molecule has 3 nitrogen and oxygen atoms in total. The van der Waals surface area contributed by atoms with E-state index in [9.17, 15) is 4.79 Å². The molecule has 1 amide bonds. The number of benzene rings is 2. The molecule has 0 fully saturated rings. The monoisotopic (exact) mass is 337 g/mol. The first-order chi connectivity index (χ1) is 11.9. The lowest BCUT2D eigenvalue weighted by molar-refractivity contribution is 0.140. The van der Waals surface area contributed by atoms with E-state index in [1.54, 1.807) is 0 Å². The van der Waals surface area contributed by atoms with E-state index in [-0.39, 0.29) is 11.5 Å². The molecule has 0 heterocycles. The van der Waals surface area contributed by atoms with Crippen LogP contribution < -0.4 is 5.32 Å². The van der Waals surface area contributed by atoms with Crippen LogP contribution in [0.2, 0.25) is 0 Å². The molecule has 2 rings (SSSR count). The van der Waals surface area contributed by atoms with Crippen LogP contribution in [0.4, 0.5) is 4.79 Å². The zero-order chi connectivity index (χ0) is 18.1. The summed E-state index contributed by atoms with van der Waals surface area (Å²) in [6.45, 7) is 7.48. The number of hydrogen-bond acceptors (Lipinski definition) is 2. The van der Waals surface area contributed by atoms with Crippen LogP contribution in [0.5, 0.6) is 0 Å². The van der Waals surface area contributed by atoms with Crippen molar-refractivity contribution in [1.82, 2.24) is 5.32 Å². The van der Waals surface area contributed by atoms with Gasteiger partial charge in [0.1, 0.15) is 6.61 Å². The second kappa shape index (κ2) is 9.07. The molecule has 0 aliphatic carbocycles. The zero-order valence-corrected chi connectivity index (χ0v) is 15.3. The molecule has 2 aromatic rings. The van der Waals surface area contributed by atoms with E-state index in [1.807, 2.05) is 30.3 Å². The Bertz CT molecular complexity index is 699. The van der Waals surface area contributed by atoms with Gasteiger partial charge in [0, 0.05) is 6.54 Å². The van der Waals surface area contributed by atoms with Gasteiger partial charge >= 0.3 is 6.09 Å². The van der Waals surface area contributed by atoms with Crippen molar-refractivity contribution in [2.45, 2.75) is 39.2 Å². The second-order valence-corrected chi connectivity index (χ2v) is 7.06. The number of alkyl carbamates (subject to hydrolysis) is 1. The van der Waals surface area contributed by atoms with Gasteiger partial charge in [0.15, 0.2) is 0 Å². The first kappa shape index (κ1) is 18.8. The van der Waals surface area contributed by atoms with E-state index in [4.69, 9.17) is 4.74 Å². The van der Waals surface area contributed by atoms with Crippen molar-refractivity contribution in [2.24, 2.45) is 0 Å². The zero-order valence-electron chi connectivity index (χ0n) is 15.3. The molecule has 132 valence electrons. The van der Waals surface area contributed by atoms with Crippen LogP contribution in [0.1, 0.15) is 43.9 Å². The topological polar surface area (TPSA) is 38.3 Å². The summed E-state index contributed by atoms with van der Waals surface area (Å²) in [6, 6.07) is 18.2. The third-order valence-electron chi connectivity index (χ3n) is 3.86. The van der Waals surface area contributed by atoms with Gasteiger partial charge in [-0.3, -0.25) is 0 Å². The lowest BCUT2D eigenvalue weighted by Crippen LogP contribution is -2.24. The standard InChI is InChI=1S/C22H27NO2/c1-22(2,3)20-14-9-13-18(16-20)10-7-8-15-23-21(24)25-17-19-11-5-4-6-12-19/h4-7,9-14,16H,8,15,17H2,1-3H3,(H,23,24). The van der Waals surface area contributed by atoms with Gasteiger partial charge in [-0.2, -0.15) is 0 Å². The summed E-state index contributed by atoms with van der Waals surface area (Å²) in [4.78, 5) is 11.6. The first-order valence-electron chi connectivity index (χ1n) is 8.67. The maximum atomic E-state index is 11.6. The summed E-state index contributed by atoms with van der Waals surface area (Å²) in [5, 5.41) is 2.76. The Hall–Kier alpha value is -2.55. The highest BCUT2D eigenvalue weighted by Crippen LogP contribution is 2.23. The van der Waals surface area contributed by atoms with Gasteiger partial charge in [0.2, 0.25) is 0 Å². The minimum atomic E-state index is -0.382. The number of nitrogens with one attached hydrogen (secondary N) is 1. The summed E-state index contributed by atoms with van der Waals surface area (Å²) in [5.41, 5.74) is 3.63. The Kier molecular flexibility index (Phi) is 6.81. The minimum absolute atomic E-state index is 0.147. The SMILES string of the molecule is CC(C)(C)c1cccc(C=CCCNC(=O)OCc2ccccc2)c1. The van der Waals surface area contributed by atoms with Crippen molar-refractivity contribution in [3.63, 3.8) is 0 Å². The third-order valence-corrected chi connectivity index (χ3v) is 3.86. The van der Waals surface area contributed by atoms with E-state index >= 15 is 0 Å². The van der Waals surface area contributed by atoms with Crippen LogP contribution >= 0.6 is 0 Å². The molecule has 0 spiro atoms. The molecular formula is C22H27NO2. The number of carbonyl (C=O) groups excluding carboxylic acids is 1. The highest BCUT2D eigenvalue weighted by Gasteiger charge is 2.12. The van der Waals surface area contributed by atoms with Crippen molar-refractivity contribution in [3.8, 4) is 0 Å². The quantitative estimate of drug-likeness (QED) is 0.725. The average Bonchev–Trinajstić information content (AvgIpc) is 2.60. The van der Waals surface area contributed by atoms with Crippen molar-refractivity contribution < 1.29 is 9.53 Å². The predicted octanol–water partition coefficient (Wildman–Crippen LogP) is 5.31. The second-order valence-electron chi connectivity index (χ2n) is 7.06. The van der Waals surface area contributed by atoms with Gasteiger partial charge in [-0.05, 0) is 28.5 Å². The largest absolute Gasteiger partial charge is 0.445 e. The Morgan fingerprint density at radius 3 is 2.56 bits per heavy atom. The molecular weight excluding hydrogens is 310 g/mol. The molecule has 1 N–H and O–H groups in total. The van der Waals surface area contributed by atoms with Crippen LogP contribution in [0.25, 0.3) is 6.08 Å². The maximum Gasteiger partial charge on any atom is 0.407 e. The fourth-order valence-corrected chi connectivity index (χ4v) is 2.36. The number of rotatable bonds is 6. The Labute approximate surface area is 150 Å². The predicted molar refractivity (Wildman–Crippen MR) is 103 cm³/mol. The van der Waals surface area contributed by atoms with E-state index in [2.05, 4.69) is 62.5 Å². The van der Waals surface area contributed by atoms with Crippen LogP contribution in [-0.4, -0.2) is 12.6 Å².